The zero-order valence-electron chi connectivity index (χ0n) is 17.7. The third-order valence-corrected chi connectivity index (χ3v) is 6.10. The molecule has 0 fully saturated rings. The maximum Gasteiger partial charge on any atom is 0.407 e. The average molecular weight is 459 g/mol. The van der Waals surface area contributed by atoms with Crippen LogP contribution in [0.3, 0.4) is 0 Å². The van der Waals surface area contributed by atoms with Crippen LogP contribution in [0.2, 0.25) is 0 Å². The van der Waals surface area contributed by atoms with Gasteiger partial charge >= 0.3 is 12.1 Å². The Morgan fingerprint density at radius 1 is 1.06 bits per heavy atom. The smallest absolute Gasteiger partial charge is 0.407 e. The van der Waals surface area contributed by atoms with Gasteiger partial charge in [0.1, 0.15) is 12.6 Å². The number of hydrogen-bond acceptors (Lipinski definition) is 5. The van der Waals surface area contributed by atoms with Crippen molar-refractivity contribution in [3.8, 4) is 11.1 Å². The SMILES string of the molecule is CS(=O)CCCNC(=O)C(CC(=O)O)NC(=O)OCC1c2ccccc2-c2ccccc21. The van der Waals surface area contributed by atoms with E-state index in [9.17, 15) is 18.6 Å². The summed E-state index contributed by atoms with van der Waals surface area (Å²) >= 11 is 0. The fraction of sp³-hybridized carbons (Fsp3) is 0.348. The van der Waals surface area contributed by atoms with E-state index in [1.54, 1.807) is 6.26 Å². The number of aliphatic carboxylic acids is 1. The van der Waals surface area contributed by atoms with Gasteiger partial charge in [-0.15, -0.1) is 0 Å². The Bertz CT molecular complexity index is 980. The minimum Gasteiger partial charge on any atom is -0.481 e. The number of amides is 2. The third-order valence-electron chi connectivity index (χ3n) is 5.24. The molecular weight excluding hydrogens is 432 g/mol. The van der Waals surface area contributed by atoms with Crippen LogP contribution >= 0.6 is 0 Å². The number of carboxylic acid groups (broad SMARTS) is 1. The van der Waals surface area contributed by atoms with E-state index in [-0.39, 0.29) is 19.1 Å². The Hall–Kier alpha value is -3.20. The molecular formula is C23H26N2O6S. The van der Waals surface area contributed by atoms with E-state index in [1.807, 2.05) is 48.5 Å². The molecule has 32 heavy (non-hydrogen) atoms. The molecule has 3 rings (SSSR count). The van der Waals surface area contributed by atoms with Crippen LogP contribution in [0.25, 0.3) is 11.1 Å². The van der Waals surface area contributed by atoms with Crippen molar-refractivity contribution in [3.05, 3.63) is 59.7 Å². The van der Waals surface area contributed by atoms with Crippen LogP contribution in [0.5, 0.6) is 0 Å². The van der Waals surface area contributed by atoms with E-state index >= 15 is 0 Å². The summed E-state index contributed by atoms with van der Waals surface area (Å²) in [5.74, 6) is -1.57. The second kappa shape index (κ2) is 10.9. The van der Waals surface area contributed by atoms with E-state index in [1.165, 1.54) is 0 Å². The third kappa shape index (κ3) is 5.94. The highest BCUT2D eigenvalue weighted by molar-refractivity contribution is 7.84. The molecule has 8 nitrogen and oxygen atoms in total. The monoisotopic (exact) mass is 458 g/mol. The zero-order chi connectivity index (χ0) is 23.1. The zero-order valence-corrected chi connectivity index (χ0v) is 18.5. The number of fused-ring (bicyclic) bond motifs is 3. The van der Waals surface area contributed by atoms with Crippen molar-refractivity contribution in [1.82, 2.24) is 10.6 Å². The normalized spacial score (nSPS) is 14.0. The van der Waals surface area contributed by atoms with Gasteiger partial charge in [-0.1, -0.05) is 48.5 Å². The predicted molar refractivity (Wildman–Crippen MR) is 121 cm³/mol. The first-order valence-corrected chi connectivity index (χ1v) is 12.0. The van der Waals surface area contributed by atoms with Gasteiger partial charge in [-0.25, -0.2) is 4.79 Å². The van der Waals surface area contributed by atoms with Gasteiger partial charge in [0.05, 0.1) is 6.42 Å². The van der Waals surface area contributed by atoms with Gasteiger partial charge in [-0.2, -0.15) is 0 Å². The van der Waals surface area contributed by atoms with Crippen LogP contribution < -0.4 is 10.6 Å². The Balaban J connectivity index is 1.60. The first-order chi connectivity index (χ1) is 15.4. The number of alkyl carbamates (subject to hydrolysis) is 1. The van der Waals surface area contributed by atoms with Gasteiger partial charge in [-0.3, -0.25) is 13.8 Å². The van der Waals surface area contributed by atoms with Gasteiger partial charge in [0, 0.05) is 35.3 Å². The lowest BCUT2D eigenvalue weighted by atomic mass is 9.98. The van der Waals surface area contributed by atoms with E-state index in [2.05, 4.69) is 10.6 Å². The first-order valence-electron chi connectivity index (χ1n) is 10.3. The largest absolute Gasteiger partial charge is 0.481 e. The molecule has 0 bridgehead atoms. The fourth-order valence-corrected chi connectivity index (χ4v) is 4.33. The summed E-state index contributed by atoms with van der Waals surface area (Å²) in [6.07, 6.45) is 0.617. The average Bonchev–Trinajstić information content (AvgIpc) is 3.08. The van der Waals surface area contributed by atoms with Crippen molar-refractivity contribution in [2.24, 2.45) is 0 Å². The van der Waals surface area contributed by atoms with Crippen LogP contribution in [0.4, 0.5) is 4.79 Å². The topological polar surface area (TPSA) is 122 Å². The summed E-state index contributed by atoms with van der Waals surface area (Å²) in [5, 5.41) is 14.0. The second-order valence-electron chi connectivity index (χ2n) is 7.54. The van der Waals surface area contributed by atoms with Crippen LogP contribution in [0.15, 0.2) is 48.5 Å². The number of ether oxygens (including phenoxy) is 1. The summed E-state index contributed by atoms with van der Waals surface area (Å²) in [6, 6.07) is 14.5. The van der Waals surface area contributed by atoms with E-state index in [4.69, 9.17) is 9.84 Å². The number of carboxylic acids is 1. The minimum atomic E-state index is -1.27. The molecule has 1 aliphatic carbocycles. The van der Waals surface area contributed by atoms with Crippen LogP contribution in [0, 0.1) is 0 Å². The molecule has 0 spiro atoms. The summed E-state index contributed by atoms with van der Waals surface area (Å²) in [6.45, 7) is 0.296. The van der Waals surface area contributed by atoms with Crippen molar-refractivity contribution in [3.63, 3.8) is 0 Å². The number of benzene rings is 2. The van der Waals surface area contributed by atoms with E-state index in [0.717, 1.165) is 22.3 Å². The molecule has 0 saturated carbocycles. The number of rotatable bonds is 10. The maximum atomic E-state index is 12.4. The van der Waals surface area contributed by atoms with Gasteiger partial charge in [0.2, 0.25) is 5.91 Å². The molecule has 0 saturated heterocycles. The summed E-state index contributed by atoms with van der Waals surface area (Å²) in [5.41, 5.74) is 4.28. The van der Waals surface area contributed by atoms with Crippen molar-refractivity contribution in [2.75, 3.05) is 25.2 Å². The highest BCUT2D eigenvalue weighted by atomic mass is 32.2. The molecule has 0 radical (unpaired) electrons. The predicted octanol–water partition coefficient (Wildman–Crippen LogP) is 2.25. The number of nitrogens with one attached hydrogen (secondary N) is 2. The van der Waals surface area contributed by atoms with Gasteiger partial charge in [0.15, 0.2) is 0 Å². The molecule has 2 atom stereocenters. The second-order valence-corrected chi connectivity index (χ2v) is 9.10. The van der Waals surface area contributed by atoms with Crippen LogP contribution in [-0.2, 0) is 25.1 Å². The molecule has 2 unspecified atom stereocenters. The van der Waals surface area contributed by atoms with Crippen molar-refractivity contribution >= 4 is 28.8 Å². The summed E-state index contributed by atoms with van der Waals surface area (Å²) in [4.78, 5) is 35.9. The minimum absolute atomic E-state index is 0.0591. The number of hydrogen-bond donors (Lipinski definition) is 3. The molecule has 2 aromatic rings. The number of carbonyl (C=O) groups excluding carboxylic acids is 2. The first kappa shape index (κ1) is 23.5. The molecule has 2 amide bonds. The summed E-state index contributed by atoms with van der Waals surface area (Å²) < 4.78 is 16.5. The van der Waals surface area contributed by atoms with Crippen molar-refractivity contribution < 1.29 is 28.4 Å². The van der Waals surface area contributed by atoms with Gasteiger partial charge < -0.3 is 20.5 Å². The Morgan fingerprint density at radius 2 is 1.66 bits per heavy atom. The quantitative estimate of drug-likeness (QED) is 0.470. The van der Waals surface area contributed by atoms with Crippen molar-refractivity contribution in [2.45, 2.75) is 24.8 Å². The highest BCUT2D eigenvalue weighted by Crippen LogP contribution is 2.44. The molecule has 1 aliphatic rings. The molecule has 0 aromatic heterocycles. The lowest BCUT2D eigenvalue weighted by molar-refractivity contribution is -0.139. The van der Waals surface area contributed by atoms with E-state index in [0.29, 0.717) is 12.2 Å². The van der Waals surface area contributed by atoms with Crippen molar-refractivity contribution in [1.29, 1.82) is 0 Å². The molecule has 2 aromatic carbocycles. The highest BCUT2D eigenvalue weighted by Gasteiger charge is 2.30. The molecule has 0 aliphatic heterocycles. The number of carbonyl (C=O) groups is 3. The standard InChI is InChI=1S/C23H26N2O6S/c1-32(30)12-6-11-24-22(28)20(13-21(26)27)25-23(29)31-14-19-17-9-4-2-7-15(17)16-8-3-5-10-18(16)19/h2-5,7-10,19-20H,6,11-14H2,1H3,(H,24,28)(H,25,29)(H,26,27). The fourth-order valence-electron chi connectivity index (χ4n) is 3.78. The van der Waals surface area contributed by atoms with Crippen LogP contribution in [-0.4, -0.2) is 58.5 Å². The molecule has 170 valence electrons. The van der Waals surface area contributed by atoms with E-state index < -0.39 is 41.2 Å². The molecule has 0 heterocycles. The Morgan fingerprint density at radius 3 is 2.22 bits per heavy atom. The lowest BCUT2D eigenvalue weighted by Crippen LogP contribution is -2.48. The lowest BCUT2D eigenvalue weighted by Gasteiger charge is -2.18. The van der Waals surface area contributed by atoms with Gasteiger partial charge in [-0.05, 0) is 28.7 Å². The Labute approximate surface area is 188 Å². The van der Waals surface area contributed by atoms with Gasteiger partial charge in [0.25, 0.3) is 0 Å². The summed E-state index contributed by atoms with van der Waals surface area (Å²) in [7, 11) is -0.980. The molecule has 3 N–H and O–H groups in total. The Kier molecular flexibility index (Phi) is 7.99. The maximum absolute atomic E-state index is 12.4. The molecule has 9 heteroatoms. The van der Waals surface area contributed by atoms with Crippen LogP contribution in [0.1, 0.15) is 29.9 Å².